The van der Waals surface area contributed by atoms with Crippen molar-refractivity contribution in [3.8, 4) is 0 Å². The fourth-order valence-electron chi connectivity index (χ4n) is 1.32. The van der Waals surface area contributed by atoms with Crippen LogP contribution < -0.4 is 10.9 Å². The Hall–Kier alpha value is -1.16. The Labute approximate surface area is 96.7 Å². The van der Waals surface area contributed by atoms with Crippen LogP contribution in [0.3, 0.4) is 0 Å². The average molecular weight is 223 g/mol. The number of nitrogens with one attached hydrogen (secondary N) is 1. The first-order valence-corrected chi connectivity index (χ1v) is 5.73. The Bertz CT molecular complexity index is 395. The van der Waals surface area contributed by atoms with E-state index < -0.39 is 0 Å². The van der Waals surface area contributed by atoms with Crippen molar-refractivity contribution in [2.75, 3.05) is 6.54 Å². The van der Waals surface area contributed by atoms with E-state index in [9.17, 15) is 4.79 Å². The van der Waals surface area contributed by atoms with Crippen LogP contribution in [0.4, 0.5) is 0 Å². The van der Waals surface area contributed by atoms with E-state index in [-0.39, 0.29) is 11.1 Å². The fourth-order valence-corrected chi connectivity index (χ4v) is 1.32. The largest absolute Gasteiger partial charge is 0.310 e. The highest BCUT2D eigenvalue weighted by Gasteiger charge is 2.12. The molecular formula is C12H21N3O. The first-order chi connectivity index (χ1) is 7.44. The molecule has 4 nitrogen and oxygen atoms in total. The summed E-state index contributed by atoms with van der Waals surface area (Å²) in [7, 11) is 0. The standard InChI is InChI=1S/C12H21N3O/c1-5-12(3,4)13-6-7-15-11(16)8-10(2)9-14-15/h8-9,13H,5-7H2,1-4H3. The van der Waals surface area contributed by atoms with E-state index in [2.05, 4.69) is 31.2 Å². The van der Waals surface area contributed by atoms with Crippen molar-refractivity contribution in [2.45, 2.75) is 46.2 Å². The van der Waals surface area contributed by atoms with Gasteiger partial charge in [0.1, 0.15) is 0 Å². The Morgan fingerprint density at radius 1 is 1.50 bits per heavy atom. The molecule has 90 valence electrons. The Kier molecular flexibility index (Phi) is 4.24. The zero-order valence-corrected chi connectivity index (χ0v) is 10.6. The number of aromatic nitrogens is 2. The van der Waals surface area contributed by atoms with Crippen LogP contribution in [0.25, 0.3) is 0 Å². The monoisotopic (exact) mass is 223 g/mol. The third-order valence-corrected chi connectivity index (χ3v) is 2.82. The van der Waals surface area contributed by atoms with Crippen LogP contribution in [0.1, 0.15) is 32.8 Å². The predicted molar refractivity (Wildman–Crippen MR) is 65.6 cm³/mol. The highest BCUT2D eigenvalue weighted by atomic mass is 16.1. The molecule has 1 aromatic rings. The van der Waals surface area contributed by atoms with Crippen molar-refractivity contribution in [1.82, 2.24) is 15.1 Å². The summed E-state index contributed by atoms with van der Waals surface area (Å²) in [5, 5.41) is 7.49. The molecule has 0 atom stereocenters. The normalized spacial score (nSPS) is 11.8. The van der Waals surface area contributed by atoms with Crippen LogP contribution in [-0.4, -0.2) is 21.9 Å². The summed E-state index contributed by atoms with van der Waals surface area (Å²) in [6.45, 7) is 9.69. The molecule has 4 heteroatoms. The highest BCUT2D eigenvalue weighted by molar-refractivity contribution is 5.02. The van der Waals surface area contributed by atoms with Crippen LogP contribution in [-0.2, 0) is 6.54 Å². The summed E-state index contributed by atoms with van der Waals surface area (Å²) >= 11 is 0. The maximum absolute atomic E-state index is 11.5. The van der Waals surface area contributed by atoms with Crippen molar-refractivity contribution >= 4 is 0 Å². The minimum atomic E-state index is -0.0314. The minimum Gasteiger partial charge on any atom is -0.310 e. The summed E-state index contributed by atoms with van der Waals surface area (Å²) in [5.74, 6) is 0. The van der Waals surface area contributed by atoms with Gasteiger partial charge in [-0.15, -0.1) is 0 Å². The van der Waals surface area contributed by atoms with Crippen molar-refractivity contribution in [1.29, 1.82) is 0 Å². The summed E-state index contributed by atoms with van der Waals surface area (Å²) in [4.78, 5) is 11.5. The van der Waals surface area contributed by atoms with Gasteiger partial charge in [0, 0.05) is 18.2 Å². The summed E-state index contributed by atoms with van der Waals surface area (Å²) in [5.41, 5.74) is 0.994. The molecule has 1 rings (SSSR count). The first kappa shape index (κ1) is 12.9. The van der Waals surface area contributed by atoms with E-state index in [1.165, 1.54) is 4.68 Å². The van der Waals surface area contributed by atoms with Gasteiger partial charge in [-0.05, 0) is 32.8 Å². The minimum absolute atomic E-state index is 0.0314. The average Bonchev–Trinajstić information content (AvgIpc) is 2.21. The zero-order valence-electron chi connectivity index (χ0n) is 10.6. The van der Waals surface area contributed by atoms with Gasteiger partial charge >= 0.3 is 0 Å². The van der Waals surface area contributed by atoms with E-state index in [4.69, 9.17) is 0 Å². The lowest BCUT2D eigenvalue weighted by Gasteiger charge is -2.24. The van der Waals surface area contributed by atoms with Gasteiger partial charge in [-0.2, -0.15) is 5.10 Å². The second-order valence-electron chi connectivity index (χ2n) is 4.76. The second kappa shape index (κ2) is 5.25. The molecule has 16 heavy (non-hydrogen) atoms. The topological polar surface area (TPSA) is 46.9 Å². The Morgan fingerprint density at radius 2 is 2.19 bits per heavy atom. The number of hydrogen-bond acceptors (Lipinski definition) is 3. The van der Waals surface area contributed by atoms with E-state index in [0.29, 0.717) is 6.54 Å². The smallest absolute Gasteiger partial charge is 0.267 e. The molecule has 1 N–H and O–H groups in total. The van der Waals surface area contributed by atoms with Crippen molar-refractivity contribution in [2.24, 2.45) is 0 Å². The second-order valence-corrected chi connectivity index (χ2v) is 4.76. The molecule has 0 fully saturated rings. The van der Waals surface area contributed by atoms with Crippen molar-refractivity contribution in [3.63, 3.8) is 0 Å². The van der Waals surface area contributed by atoms with Crippen LogP contribution in [0.2, 0.25) is 0 Å². The van der Waals surface area contributed by atoms with E-state index in [1.54, 1.807) is 12.3 Å². The molecule has 1 heterocycles. The predicted octanol–water partition coefficient (Wildman–Crippen LogP) is 1.33. The van der Waals surface area contributed by atoms with Crippen LogP contribution in [0.5, 0.6) is 0 Å². The van der Waals surface area contributed by atoms with Gasteiger partial charge < -0.3 is 5.32 Å². The third-order valence-electron chi connectivity index (χ3n) is 2.82. The highest BCUT2D eigenvalue weighted by Crippen LogP contribution is 2.05. The van der Waals surface area contributed by atoms with E-state index >= 15 is 0 Å². The molecule has 0 radical (unpaired) electrons. The maximum Gasteiger partial charge on any atom is 0.267 e. The van der Waals surface area contributed by atoms with Gasteiger partial charge in [-0.1, -0.05) is 6.92 Å². The quantitative estimate of drug-likeness (QED) is 0.819. The van der Waals surface area contributed by atoms with Crippen LogP contribution >= 0.6 is 0 Å². The molecule has 0 aliphatic heterocycles. The van der Waals surface area contributed by atoms with Crippen molar-refractivity contribution < 1.29 is 0 Å². The third kappa shape index (κ3) is 3.77. The van der Waals surface area contributed by atoms with Gasteiger partial charge in [0.15, 0.2) is 0 Å². The lowest BCUT2D eigenvalue weighted by Crippen LogP contribution is -2.41. The molecule has 0 aromatic carbocycles. The zero-order chi connectivity index (χ0) is 12.2. The van der Waals surface area contributed by atoms with Crippen LogP contribution in [0.15, 0.2) is 17.1 Å². The molecule has 1 aromatic heterocycles. The number of rotatable bonds is 5. The van der Waals surface area contributed by atoms with Gasteiger partial charge in [0.2, 0.25) is 0 Å². The lowest BCUT2D eigenvalue weighted by atomic mass is 10.0. The fraction of sp³-hybridized carbons (Fsp3) is 0.667. The molecule has 0 unspecified atom stereocenters. The Morgan fingerprint density at radius 3 is 2.75 bits per heavy atom. The first-order valence-electron chi connectivity index (χ1n) is 5.73. The van der Waals surface area contributed by atoms with Gasteiger partial charge in [-0.25, -0.2) is 4.68 Å². The molecule has 0 saturated carbocycles. The summed E-state index contributed by atoms with van der Waals surface area (Å²) in [6, 6.07) is 1.61. The van der Waals surface area contributed by atoms with Gasteiger partial charge in [-0.3, -0.25) is 4.79 Å². The maximum atomic E-state index is 11.5. The van der Waals surface area contributed by atoms with Gasteiger partial charge in [0.25, 0.3) is 5.56 Å². The van der Waals surface area contributed by atoms with Crippen LogP contribution in [0, 0.1) is 6.92 Å². The Balaban J connectivity index is 2.53. The molecule has 0 aliphatic carbocycles. The molecular weight excluding hydrogens is 202 g/mol. The van der Waals surface area contributed by atoms with E-state index in [0.717, 1.165) is 18.5 Å². The summed E-state index contributed by atoms with van der Waals surface area (Å²) in [6.07, 6.45) is 2.77. The molecule has 0 bridgehead atoms. The lowest BCUT2D eigenvalue weighted by molar-refractivity contribution is 0.360. The van der Waals surface area contributed by atoms with Gasteiger partial charge in [0.05, 0.1) is 12.7 Å². The van der Waals surface area contributed by atoms with E-state index in [1.807, 2.05) is 6.92 Å². The number of hydrogen-bond donors (Lipinski definition) is 1. The summed E-state index contributed by atoms with van der Waals surface area (Å²) < 4.78 is 1.49. The van der Waals surface area contributed by atoms with Crippen molar-refractivity contribution in [3.05, 3.63) is 28.2 Å². The number of aryl methyl sites for hydroxylation is 1. The number of nitrogens with zero attached hydrogens (tertiary/aromatic N) is 2. The molecule has 0 saturated heterocycles. The molecule has 0 spiro atoms. The SMILES string of the molecule is CCC(C)(C)NCCn1ncc(C)cc1=O. The molecule has 0 aliphatic rings. The molecule has 0 amide bonds.